The molecular formula is C32H33N5O4S. The van der Waals surface area contributed by atoms with Gasteiger partial charge in [0.2, 0.25) is 0 Å². The maximum Gasteiger partial charge on any atom is 0.265 e. The largest absolute Gasteiger partial charge is 0.497 e. The molecule has 0 aliphatic heterocycles. The highest BCUT2D eigenvalue weighted by atomic mass is 32.2. The molecule has 0 saturated heterocycles. The zero-order chi connectivity index (χ0) is 29.4. The van der Waals surface area contributed by atoms with Crippen molar-refractivity contribution in [2.75, 3.05) is 11.8 Å². The lowest BCUT2D eigenvalue weighted by molar-refractivity contribution is 0.399. The van der Waals surface area contributed by atoms with Gasteiger partial charge in [0.05, 0.1) is 35.9 Å². The Balaban J connectivity index is 1.46. The molecule has 0 aliphatic carbocycles. The molecule has 1 N–H and O–H groups in total. The first-order valence-electron chi connectivity index (χ1n) is 14.0. The Labute approximate surface area is 244 Å². The van der Waals surface area contributed by atoms with E-state index >= 15 is 0 Å². The number of hydrogen-bond donors (Lipinski definition) is 1. The highest BCUT2D eigenvalue weighted by molar-refractivity contribution is 7.92. The van der Waals surface area contributed by atoms with E-state index in [1.165, 1.54) is 0 Å². The van der Waals surface area contributed by atoms with Crippen LogP contribution in [-0.2, 0) is 23.0 Å². The zero-order valence-corrected chi connectivity index (χ0v) is 24.9. The molecule has 3 heterocycles. The predicted molar refractivity (Wildman–Crippen MR) is 164 cm³/mol. The second-order valence-corrected chi connectivity index (χ2v) is 12.1. The number of benzene rings is 3. The average Bonchev–Trinajstić information content (AvgIpc) is 3.65. The van der Waals surface area contributed by atoms with Crippen molar-refractivity contribution in [2.45, 2.75) is 51.5 Å². The van der Waals surface area contributed by atoms with Crippen LogP contribution in [0.5, 0.6) is 5.75 Å². The van der Waals surface area contributed by atoms with E-state index in [0.29, 0.717) is 23.6 Å². The minimum Gasteiger partial charge on any atom is -0.497 e. The van der Waals surface area contributed by atoms with E-state index in [1.54, 1.807) is 33.1 Å². The van der Waals surface area contributed by atoms with Gasteiger partial charge in [0.15, 0.2) is 5.82 Å². The molecule has 0 fully saturated rings. The number of fused-ring (bicyclic) bond motifs is 2. The molecule has 216 valence electrons. The first-order chi connectivity index (χ1) is 20.3. The number of imidazole rings is 1. The molecule has 0 unspecified atom stereocenters. The van der Waals surface area contributed by atoms with Crippen molar-refractivity contribution in [3.8, 4) is 11.4 Å². The van der Waals surface area contributed by atoms with E-state index in [1.807, 2.05) is 53.2 Å². The number of nitrogens with one attached hydrogen (secondary N) is 1. The second-order valence-electron chi connectivity index (χ2n) is 10.4. The molecule has 6 aromatic rings. The van der Waals surface area contributed by atoms with Gasteiger partial charge < -0.3 is 18.4 Å². The second kappa shape index (κ2) is 11.0. The fourth-order valence-electron chi connectivity index (χ4n) is 5.31. The summed E-state index contributed by atoms with van der Waals surface area (Å²) >= 11 is 0. The van der Waals surface area contributed by atoms with Gasteiger partial charge in [-0.05, 0) is 56.2 Å². The predicted octanol–water partition coefficient (Wildman–Crippen LogP) is 6.79. The van der Waals surface area contributed by atoms with Gasteiger partial charge in [-0.15, -0.1) is 0 Å². The summed E-state index contributed by atoms with van der Waals surface area (Å²) in [5.41, 5.74) is 5.08. The number of sulfonamides is 1. The fraction of sp³-hybridized carbons (Fsp3) is 0.250. The van der Waals surface area contributed by atoms with Crippen molar-refractivity contribution >= 4 is 37.8 Å². The van der Waals surface area contributed by atoms with Gasteiger partial charge in [-0.1, -0.05) is 48.8 Å². The average molecular weight is 584 g/mol. The lowest BCUT2D eigenvalue weighted by atomic mass is 10.1. The fourth-order valence-corrected chi connectivity index (χ4v) is 6.57. The van der Waals surface area contributed by atoms with Crippen LogP contribution in [-0.4, -0.2) is 34.8 Å². The Hall–Kier alpha value is -4.57. The number of ether oxygens (including phenoxy) is 1. The molecule has 42 heavy (non-hydrogen) atoms. The third-order valence-corrected chi connectivity index (χ3v) is 9.10. The summed E-state index contributed by atoms with van der Waals surface area (Å²) in [7, 11) is -2.32. The van der Waals surface area contributed by atoms with E-state index < -0.39 is 10.0 Å². The van der Waals surface area contributed by atoms with Crippen LogP contribution in [0.4, 0.5) is 5.82 Å². The van der Waals surface area contributed by atoms with Gasteiger partial charge in [-0.25, -0.2) is 13.4 Å². The number of anilines is 1. The van der Waals surface area contributed by atoms with Crippen molar-refractivity contribution in [2.24, 2.45) is 0 Å². The molecule has 0 atom stereocenters. The first kappa shape index (κ1) is 27.6. The van der Waals surface area contributed by atoms with E-state index in [9.17, 15) is 8.42 Å². The van der Waals surface area contributed by atoms with E-state index in [0.717, 1.165) is 58.3 Å². The summed E-state index contributed by atoms with van der Waals surface area (Å²) in [6.07, 6.45) is 4.99. The first-order valence-corrected chi connectivity index (χ1v) is 15.5. The van der Waals surface area contributed by atoms with Crippen molar-refractivity contribution in [1.82, 2.24) is 19.3 Å². The van der Waals surface area contributed by atoms with Crippen LogP contribution in [0.3, 0.4) is 0 Å². The van der Waals surface area contributed by atoms with Gasteiger partial charge >= 0.3 is 0 Å². The zero-order valence-electron chi connectivity index (χ0n) is 24.1. The SMILES string of the molecule is CCCCc1nc2cc(OC)ccc2n1Cc1cn(-c2ccccc2S(=O)(=O)Nc2noc(C)c2C)c2ccccc12. The van der Waals surface area contributed by atoms with Crippen molar-refractivity contribution < 1.29 is 17.7 Å². The number of aromatic nitrogens is 4. The molecule has 3 aromatic heterocycles. The Bertz CT molecular complexity index is 2020. The van der Waals surface area contributed by atoms with E-state index in [-0.39, 0.29) is 10.7 Å². The molecular weight excluding hydrogens is 550 g/mol. The summed E-state index contributed by atoms with van der Waals surface area (Å²) in [6, 6.07) is 21.0. The normalized spacial score (nSPS) is 11.9. The molecule has 3 aromatic carbocycles. The summed E-state index contributed by atoms with van der Waals surface area (Å²) in [5, 5.41) is 4.94. The third-order valence-electron chi connectivity index (χ3n) is 7.71. The molecule has 6 rings (SSSR count). The minimum atomic E-state index is -3.98. The van der Waals surface area contributed by atoms with Gasteiger partial charge in [0.25, 0.3) is 10.0 Å². The minimum absolute atomic E-state index is 0.140. The number of nitrogens with zero attached hydrogens (tertiary/aromatic N) is 4. The van der Waals surface area contributed by atoms with Crippen LogP contribution < -0.4 is 9.46 Å². The Morgan fingerprint density at radius 2 is 1.79 bits per heavy atom. The van der Waals surface area contributed by atoms with E-state index in [4.69, 9.17) is 14.2 Å². The summed E-state index contributed by atoms with van der Waals surface area (Å²) in [6.45, 7) is 6.27. The molecule has 0 radical (unpaired) electrons. The number of methoxy groups -OCH3 is 1. The number of para-hydroxylation sites is 2. The van der Waals surface area contributed by atoms with Gasteiger partial charge in [-0.3, -0.25) is 4.72 Å². The Morgan fingerprint density at radius 1 is 1.00 bits per heavy atom. The molecule has 0 amide bonds. The topological polar surface area (TPSA) is 104 Å². The highest BCUT2D eigenvalue weighted by Gasteiger charge is 2.24. The maximum atomic E-state index is 13.7. The quantitative estimate of drug-likeness (QED) is 0.191. The molecule has 0 saturated carbocycles. The number of aryl methyl sites for hydroxylation is 2. The molecule has 0 spiro atoms. The Kier molecular flexibility index (Phi) is 7.24. The van der Waals surface area contributed by atoms with E-state index in [2.05, 4.69) is 33.5 Å². The molecule has 9 nitrogen and oxygen atoms in total. The summed E-state index contributed by atoms with van der Waals surface area (Å²) in [4.78, 5) is 5.11. The van der Waals surface area contributed by atoms with Crippen LogP contribution in [0.1, 0.15) is 42.5 Å². The van der Waals surface area contributed by atoms with Crippen LogP contribution in [0, 0.1) is 13.8 Å². The molecule has 0 bridgehead atoms. The third kappa shape index (κ3) is 4.92. The van der Waals surface area contributed by atoms with Gasteiger partial charge in [0, 0.05) is 29.6 Å². The maximum absolute atomic E-state index is 13.7. The van der Waals surface area contributed by atoms with Gasteiger partial charge in [0.1, 0.15) is 22.2 Å². The lowest BCUT2D eigenvalue weighted by Crippen LogP contribution is -2.16. The van der Waals surface area contributed by atoms with Crippen LogP contribution >= 0.6 is 0 Å². The van der Waals surface area contributed by atoms with Crippen LogP contribution in [0.15, 0.2) is 82.3 Å². The lowest BCUT2D eigenvalue weighted by Gasteiger charge is -2.13. The number of unbranched alkanes of at least 4 members (excludes halogenated alkanes) is 1. The number of rotatable bonds is 10. The standard InChI is InChI=1S/C32H33N5O4S/c1-5-6-15-31-33-26-18-24(40-4)16-17-28(26)37(31)20-23-19-36(27-12-8-7-11-25(23)27)29-13-9-10-14-30(29)42(38,39)35-32-21(2)22(3)41-34-32/h7-14,16-19H,5-6,15,20H2,1-4H3,(H,34,35). The van der Waals surface area contributed by atoms with Crippen molar-refractivity contribution in [1.29, 1.82) is 0 Å². The smallest absolute Gasteiger partial charge is 0.265 e. The summed E-state index contributed by atoms with van der Waals surface area (Å²) < 4.78 is 44.8. The molecule has 0 aliphatic rings. The number of hydrogen-bond acceptors (Lipinski definition) is 6. The van der Waals surface area contributed by atoms with Crippen LogP contribution in [0.2, 0.25) is 0 Å². The van der Waals surface area contributed by atoms with Gasteiger partial charge in [-0.2, -0.15) is 0 Å². The Morgan fingerprint density at radius 3 is 2.55 bits per heavy atom. The highest BCUT2D eigenvalue weighted by Crippen LogP contribution is 2.32. The van der Waals surface area contributed by atoms with Crippen molar-refractivity contribution in [3.05, 3.63) is 95.6 Å². The van der Waals surface area contributed by atoms with Crippen LogP contribution in [0.25, 0.3) is 27.6 Å². The van der Waals surface area contributed by atoms with Crippen molar-refractivity contribution in [3.63, 3.8) is 0 Å². The molecule has 10 heteroatoms. The monoisotopic (exact) mass is 583 g/mol. The summed E-state index contributed by atoms with van der Waals surface area (Å²) in [5.74, 6) is 2.53.